The highest BCUT2D eigenvalue weighted by Gasteiger charge is 2.34. The van der Waals surface area contributed by atoms with Crippen molar-refractivity contribution in [3.05, 3.63) is 28.2 Å². The molecule has 0 aliphatic carbocycles. The summed E-state index contributed by atoms with van der Waals surface area (Å²) in [4.78, 5) is 12.2. The third-order valence-corrected chi connectivity index (χ3v) is 3.94. The van der Waals surface area contributed by atoms with Crippen LogP contribution in [0, 0.1) is 0 Å². The summed E-state index contributed by atoms with van der Waals surface area (Å²) < 4.78 is 11.5. The summed E-state index contributed by atoms with van der Waals surface area (Å²) in [6.07, 6.45) is -0.631. The molecule has 3 rings (SSSR count). The van der Waals surface area contributed by atoms with Crippen molar-refractivity contribution in [2.24, 2.45) is 0 Å². The van der Waals surface area contributed by atoms with E-state index in [0.29, 0.717) is 13.2 Å². The van der Waals surface area contributed by atoms with E-state index >= 15 is 0 Å². The second-order valence-corrected chi connectivity index (χ2v) is 5.68. The van der Waals surface area contributed by atoms with Crippen molar-refractivity contribution < 1.29 is 19.4 Å². The number of nitrogens with one attached hydrogen (secondary N) is 1. The van der Waals surface area contributed by atoms with Crippen LogP contribution in [0.4, 0.5) is 0 Å². The lowest BCUT2D eigenvalue weighted by Gasteiger charge is -2.17. The molecular weight excluding hydrogens is 314 g/mol. The number of carbonyl (C=O) groups is 1. The molecule has 1 aromatic carbocycles. The quantitative estimate of drug-likeness (QED) is 0.843. The number of carbonyl (C=O) groups excluding carboxylic acids is 1. The maximum atomic E-state index is 12.2. The standard InChI is InChI=1S/C13H14BrNO4/c14-7-1-2-12-8(3-7)9(4-19-12)13(17)15-10-5-18-6-11(10)16/h1-3,9-11,16H,4-6H2,(H,15,17)/t9?,10-,11-/m1/s1. The Morgan fingerprint density at radius 1 is 1.37 bits per heavy atom. The monoisotopic (exact) mass is 327 g/mol. The fourth-order valence-electron chi connectivity index (χ4n) is 2.37. The smallest absolute Gasteiger partial charge is 0.231 e. The minimum absolute atomic E-state index is 0.133. The first-order valence-corrected chi connectivity index (χ1v) is 6.93. The highest BCUT2D eigenvalue weighted by Crippen LogP contribution is 2.36. The number of fused-ring (bicyclic) bond motifs is 1. The summed E-state index contributed by atoms with van der Waals surface area (Å²) in [6, 6.07) is 5.30. The maximum Gasteiger partial charge on any atom is 0.231 e. The molecular formula is C13H14BrNO4. The summed E-state index contributed by atoms with van der Waals surface area (Å²) >= 11 is 3.39. The van der Waals surface area contributed by atoms with Gasteiger partial charge in [-0.15, -0.1) is 0 Å². The van der Waals surface area contributed by atoms with E-state index in [1.54, 1.807) is 0 Å². The number of amides is 1. The predicted molar refractivity (Wildman–Crippen MR) is 71.1 cm³/mol. The van der Waals surface area contributed by atoms with Crippen LogP contribution in [0.3, 0.4) is 0 Å². The van der Waals surface area contributed by atoms with Crippen molar-refractivity contribution in [2.75, 3.05) is 19.8 Å². The fraction of sp³-hybridized carbons (Fsp3) is 0.462. The van der Waals surface area contributed by atoms with Crippen LogP contribution in [-0.2, 0) is 9.53 Å². The summed E-state index contributed by atoms with van der Waals surface area (Å²) in [5.41, 5.74) is 0.875. The summed E-state index contributed by atoms with van der Waals surface area (Å²) in [6.45, 7) is 0.960. The van der Waals surface area contributed by atoms with E-state index < -0.39 is 6.10 Å². The lowest BCUT2D eigenvalue weighted by Crippen LogP contribution is -2.44. The van der Waals surface area contributed by atoms with Gasteiger partial charge in [0.25, 0.3) is 0 Å². The molecule has 1 amide bonds. The molecule has 1 fully saturated rings. The Bertz CT molecular complexity index is 507. The highest BCUT2D eigenvalue weighted by molar-refractivity contribution is 9.10. The van der Waals surface area contributed by atoms with E-state index in [0.717, 1.165) is 15.8 Å². The van der Waals surface area contributed by atoms with Gasteiger partial charge in [0.15, 0.2) is 0 Å². The number of rotatable bonds is 2. The number of aliphatic hydroxyl groups excluding tert-OH is 1. The lowest BCUT2D eigenvalue weighted by atomic mass is 10.00. The van der Waals surface area contributed by atoms with Crippen molar-refractivity contribution in [1.82, 2.24) is 5.32 Å². The molecule has 2 aliphatic heterocycles. The normalized spacial score (nSPS) is 28.8. The van der Waals surface area contributed by atoms with Gasteiger partial charge in [0.1, 0.15) is 18.3 Å². The molecule has 1 saturated heterocycles. The van der Waals surface area contributed by atoms with Crippen LogP contribution in [0.15, 0.2) is 22.7 Å². The zero-order valence-corrected chi connectivity index (χ0v) is 11.7. The average molecular weight is 328 g/mol. The van der Waals surface area contributed by atoms with E-state index in [1.807, 2.05) is 18.2 Å². The van der Waals surface area contributed by atoms with Gasteiger partial charge >= 0.3 is 0 Å². The highest BCUT2D eigenvalue weighted by atomic mass is 79.9. The van der Waals surface area contributed by atoms with Gasteiger partial charge in [-0.05, 0) is 18.2 Å². The summed E-state index contributed by atoms with van der Waals surface area (Å²) in [5.74, 6) is 0.276. The zero-order chi connectivity index (χ0) is 13.4. The van der Waals surface area contributed by atoms with Gasteiger partial charge in [-0.3, -0.25) is 4.79 Å². The van der Waals surface area contributed by atoms with Gasteiger partial charge in [-0.1, -0.05) is 15.9 Å². The first-order valence-electron chi connectivity index (χ1n) is 6.13. The van der Waals surface area contributed by atoms with E-state index in [2.05, 4.69) is 21.2 Å². The minimum Gasteiger partial charge on any atom is -0.492 e. The molecule has 6 heteroatoms. The first-order chi connectivity index (χ1) is 9.15. The van der Waals surface area contributed by atoms with Crippen molar-refractivity contribution >= 4 is 21.8 Å². The maximum absolute atomic E-state index is 12.2. The molecule has 2 aliphatic rings. The number of benzene rings is 1. The predicted octanol–water partition coefficient (Wildman–Crippen LogP) is 0.801. The van der Waals surface area contributed by atoms with Crippen LogP contribution in [0.25, 0.3) is 0 Å². The summed E-state index contributed by atoms with van der Waals surface area (Å²) in [5, 5.41) is 12.5. The number of halogens is 1. The Kier molecular flexibility index (Phi) is 3.47. The Hall–Kier alpha value is -1.11. The number of aliphatic hydroxyl groups is 1. The van der Waals surface area contributed by atoms with Crippen LogP contribution in [0.5, 0.6) is 5.75 Å². The minimum atomic E-state index is -0.631. The van der Waals surface area contributed by atoms with Crippen molar-refractivity contribution in [2.45, 2.75) is 18.1 Å². The molecule has 1 aromatic rings. The van der Waals surface area contributed by atoms with Gasteiger partial charge in [0, 0.05) is 10.0 Å². The number of hydrogen-bond acceptors (Lipinski definition) is 4. The van der Waals surface area contributed by atoms with Crippen LogP contribution in [-0.4, -0.2) is 43.0 Å². The molecule has 102 valence electrons. The number of hydrogen-bond donors (Lipinski definition) is 2. The molecule has 19 heavy (non-hydrogen) atoms. The van der Waals surface area contributed by atoms with Crippen molar-refractivity contribution in [3.8, 4) is 5.75 Å². The van der Waals surface area contributed by atoms with Gasteiger partial charge in [0.05, 0.1) is 25.4 Å². The Labute approximate surface area is 119 Å². The SMILES string of the molecule is O=C(N[C@@H]1COC[C@H]1O)C1COc2ccc(Br)cc21. The van der Waals surface area contributed by atoms with E-state index in [-0.39, 0.29) is 24.5 Å². The third-order valence-electron chi connectivity index (χ3n) is 3.45. The molecule has 5 nitrogen and oxygen atoms in total. The van der Waals surface area contributed by atoms with Crippen LogP contribution in [0.1, 0.15) is 11.5 Å². The van der Waals surface area contributed by atoms with Crippen molar-refractivity contribution in [1.29, 1.82) is 0 Å². The molecule has 2 N–H and O–H groups in total. The Morgan fingerprint density at radius 3 is 2.95 bits per heavy atom. The molecule has 0 spiro atoms. The third kappa shape index (κ3) is 2.48. The van der Waals surface area contributed by atoms with Crippen LogP contribution in [0.2, 0.25) is 0 Å². The van der Waals surface area contributed by atoms with Gasteiger partial charge in [-0.25, -0.2) is 0 Å². The molecule has 0 radical (unpaired) electrons. The topological polar surface area (TPSA) is 67.8 Å². The summed E-state index contributed by atoms with van der Waals surface area (Å²) in [7, 11) is 0. The second-order valence-electron chi connectivity index (χ2n) is 4.77. The Balaban J connectivity index is 1.74. The first kappa shape index (κ1) is 12.9. The van der Waals surface area contributed by atoms with E-state index in [9.17, 15) is 9.90 Å². The van der Waals surface area contributed by atoms with Crippen LogP contribution >= 0.6 is 15.9 Å². The fourth-order valence-corrected chi connectivity index (χ4v) is 2.75. The van der Waals surface area contributed by atoms with Gasteiger partial charge in [-0.2, -0.15) is 0 Å². The van der Waals surface area contributed by atoms with Crippen molar-refractivity contribution in [3.63, 3.8) is 0 Å². The molecule has 0 aromatic heterocycles. The van der Waals surface area contributed by atoms with Crippen LogP contribution < -0.4 is 10.1 Å². The van der Waals surface area contributed by atoms with E-state index in [4.69, 9.17) is 9.47 Å². The molecule has 0 bridgehead atoms. The average Bonchev–Trinajstić information content (AvgIpc) is 2.96. The zero-order valence-electron chi connectivity index (χ0n) is 10.1. The lowest BCUT2D eigenvalue weighted by molar-refractivity contribution is -0.124. The van der Waals surface area contributed by atoms with E-state index in [1.165, 1.54) is 0 Å². The molecule has 1 unspecified atom stereocenters. The largest absolute Gasteiger partial charge is 0.492 e. The van der Waals surface area contributed by atoms with Gasteiger partial charge in [0.2, 0.25) is 5.91 Å². The van der Waals surface area contributed by atoms with Gasteiger partial charge < -0.3 is 19.9 Å². The Morgan fingerprint density at radius 2 is 2.21 bits per heavy atom. The number of ether oxygens (including phenoxy) is 2. The molecule has 3 atom stereocenters. The molecule has 2 heterocycles. The second kappa shape index (κ2) is 5.11. The molecule has 0 saturated carbocycles.